The van der Waals surface area contributed by atoms with Crippen LogP contribution in [0.4, 0.5) is 13.2 Å². The average Bonchev–Trinajstić information content (AvgIpc) is 2.72. The maximum Gasteiger partial charge on any atom is 0.416 e. The second kappa shape index (κ2) is 7.93. The molecule has 0 heterocycles. The summed E-state index contributed by atoms with van der Waals surface area (Å²) >= 11 is 0. The Morgan fingerprint density at radius 3 is 1.93 bits per heavy atom. The lowest BCUT2D eigenvalue weighted by Gasteiger charge is -2.42. The van der Waals surface area contributed by atoms with Gasteiger partial charge < -0.3 is 0 Å². The van der Waals surface area contributed by atoms with Gasteiger partial charge in [0, 0.05) is 0 Å². The van der Waals surface area contributed by atoms with E-state index in [1.165, 1.54) is 50.5 Å². The van der Waals surface area contributed by atoms with Gasteiger partial charge in [0.15, 0.2) is 0 Å². The molecule has 0 bridgehead atoms. The van der Waals surface area contributed by atoms with Gasteiger partial charge in [0.25, 0.3) is 0 Å². The van der Waals surface area contributed by atoms with Crippen LogP contribution in [0.2, 0.25) is 0 Å². The van der Waals surface area contributed by atoms with Crippen LogP contribution in [0.15, 0.2) is 48.5 Å². The topological polar surface area (TPSA) is 0 Å². The number of alkyl halides is 3. The summed E-state index contributed by atoms with van der Waals surface area (Å²) in [5.41, 5.74) is 2.62. The van der Waals surface area contributed by atoms with Gasteiger partial charge in [-0.15, -0.1) is 0 Å². The third kappa shape index (κ3) is 4.14. The Balaban J connectivity index is 1.42. The fourth-order valence-corrected chi connectivity index (χ4v) is 5.46. The van der Waals surface area contributed by atoms with Crippen molar-refractivity contribution in [2.24, 2.45) is 17.8 Å². The van der Waals surface area contributed by atoms with E-state index in [0.717, 1.165) is 41.0 Å². The van der Waals surface area contributed by atoms with Crippen molar-refractivity contribution in [2.45, 2.75) is 64.0 Å². The highest BCUT2D eigenvalue weighted by Crippen LogP contribution is 2.48. The SMILES string of the molecule is CCC1CCC2CC(c3ccc(-c4ccc(C(F)(F)F)cc4)cc3)CCC2C1. The molecule has 0 spiro atoms. The minimum Gasteiger partial charge on any atom is -0.166 e. The van der Waals surface area contributed by atoms with E-state index in [4.69, 9.17) is 0 Å². The molecule has 2 aromatic carbocycles. The van der Waals surface area contributed by atoms with Crippen molar-refractivity contribution < 1.29 is 13.2 Å². The number of rotatable bonds is 3. The van der Waals surface area contributed by atoms with Crippen molar-refractivity contribution in [1.29, 1.82) is 0 Å². The molecule has 4 unspecified atom stereocenters. The molecule has 2 aromatic rings. The van der Waals surface area contributed by atoms with Crippen LogP contribution in [0.1, 0.15) is 68.9 Å². The first-order valence-corrected chi connectivity index (χ1v) is 10.7. The van der Waals surface area contributed by atoms with Crippen molar-refractivity contribution in [2.75, 3.05) is 0 Å². The van der Waals surface area contributed by atoms with Crippen LogP contribution in [0.25, 0.3) is 11.1 Å². The third-order valence-corrected chi connectivity index (χ3v) is 7.23. The summed E-state index contributed by atoms with van der Waals surface area (Å²) in [7, 11) is 0. The summed E-state index contributed by atoms with van der Waals surface area (Å²) in [6.07, 6.45) is 5.21. The molecule has 4 atom stereocenters. The average molecular weight is 387 g/mol. The lowest BCUT2D eigenvalue weighted by atomic mass is 9.63. The maximum atomic E-state index is 12.7. The maximum absolute atomic E-state index is 12.7. The molecule has 2 fully saturated rings. The number of hydrogen-bond donors (Lipinski definition) is 0. The minimum atomic E-state index is -4.28. The van der Waals surface area contributed by atoms with Crippen LogP contribution in [0.3, 0.4) is 0 Å². The first kappa shape index (κ1) is 19.5. The summed E-state index contributed by atoms with van der Waals surface area (Å²) in [5.74, 6) is 3.40. The van der Waals surface area contributed by atoms with E-state index in [2.05, 4.69) is 31.2 Å². The van der Waals surface area contributed by atoms with Gasteiger partial charge in [0.05, 0.1) is 5.56 Å². The van der Waals surface area contributed by atoms with Crippen molar-refractivity contribution in [1.82, 2.24) is 0 Å². The van der Waals surface area contributed by atoms with Gasteiger partial charge in [-0.05, 0) is 84.6 Å². The van der Waals surface area contributed by atoms with E-state index in [1.54, 1.807) is 12.1 Å². The van der Waals surface area contributed by atoms with Crippen molar-refractivity contribution in [3.8, 4) is 11.1 Å². The monoisotopic (exact) mass is 386 g/mol. The Bertz CT molecular complexity index is 773. The van der Waals surface area contributed by atoms with Gasteiger partial charge in [-0.2, -0.15) is 13.2 Å². The zero-order valence-electron chi connectivity index (χ0n) is 16.5. The molecule has 2 saturated carbocycles. The van der Waals surface area contributed by atoms with Gasteiger partial charge in [0.2, 0.25) is 0 Å². The predicted molar refractivity (Wildman–Crippen MR) is 108 cm³/mol. The largest absolute Gasteiger partial charge is 0.416 e. The molecular formula is C25H29F3. The predicted octanol–water partition coefficient (Wildman–Crippen LogP) is 8.08. The molecular weight excluding hydrogens is 357 g/mol. The Kier molecular flexibility index (Phi) is 5.53. The lowest BCUT2D eigenvalue weighted by Crippen LogP contribution is -2.30. The van der Waals surface area contributed by atoms with Crippen LogP contribution in [-0.4, -0.2) is 0 Å². The summed E-state index contributed by atoms with van der Waals surface area (Å²) < 4.78 is 38.2. The standard InChI is InChI=1S/C25H29F3/c1-2-17-3-4-23-16-22(10-9-21(23)15-17)20-7-5-18(6-8-20)19-11-13-24(14-12-19)25(26,27)28/h5-8,11-14,17,21-23H,2-4,9-10,15-16H2,1H3. The normalized spacial score (nSPS) is 28.0. The van der Waals surface area contributed by atoms with Crippen LogP contribution < -0.4 is 0 Å². The van der Waals surface area contributed by atoms with E-state index in [1.807, 2.05) is 0 Å². The minimum absolute atomic E-state index is 0.595. The molecule has 0 aromatic heterocycles. The third-order valence-electron chi connectivity index (χ3n) is 7.23. The first-order chi connectivity index (χ1) is 13.4. The molecule has 0 amide bonds. The lowest BCUT2D eigenvalue weighted by molar-refractivity contribution is -0.137. The van der Waals surface area contributed by atoms with Gasteiger partial charge in [-0.25, -0.2) is 0 Å². The van der Waals surface area contributed by atoms with E-state index < -0.39 is 11.7 Å². The Morgan fingerprint density at radius 2 is 1.32 bits per heavy atom. The first-order valence-electron chi connectivity index (χ1n) is 10.7. The highest BCUT2D eigenvalue weighted by Gasteiger charge is 2.35. The Hall–Kier alpha value is -1.77. The molecule has 4 rings (SSSR count). The Morgan fingerprint density at radius 1 is 0.750 bits per heavy atom. The molecule has 2 aliphatic carbocycles. The van der Waals surface area contributed by atoms with Gasteiger partial charge in [-0.3, -0.25) is 0 Å². The van der Waals surface area contributed by atoms with E-state index in [-0.39, 0.29) is 0 Å². The molecule has 0 aliphatic heterocycles. The molecule has 0 N–H and O–H groups in total. The van der Waals surface area contributed by atoms with Crippen LogP contribution >= 0.6 is 0 Å². The smallest absolute Gasteiger partial charge is 0.166 e. The van der Waals surface area contributed by atoms with E-state index in [0.29, 0.717) is 5.92 Å². The molecule has 0 saturated heterocycles. The molecule has 28 heavy (non-hydrogen) atoms. The number of halogens is 3. The van der Waals surface area contributed by atoms with Gasteiger partial charge >= 0.3 is 6.18 Å². The molecule has 3 heteroatoms. The summed E-state index contributed by atoms with van der Waals surface area (Å²) in [6, 6.07) is 14.0. The fourth-order valence-electron chi connectivity index (χ4n) is 5.46. The van der Waals surface area contributed by atoms with Crippen molar-refractivity contribution >= 4 is 0 Å². The number of fused-ring (bicyclic) bond motifs is 1. The number of benzene rings is 2. The summed E-state index contributed by atoms with van der Waals surface area (Å²) in [5, 5.41) is 0. The molecule has 0 radical (unpaired) electrons. The second-order valence-corrected chi connectivity index (χ2v) is 8.81. The summed E-state index contributed by atoms with van der Waals surface area (Å²) in [6.45, 7) is 2.33. The number of hydrogen-bond acceptors (Lipinski definition) is 0. The van der Waals surface area contributed by atoms with Crippen LogP contribution in [0.5, 0.6) is 0 Å². The van der Waals surface area contributed by atoms with Gasteiger partial charge in [-0.1, -0.05) is 56.2 Å². The molecule has 0 nitrogen and oxygen atoms in total. The fraction of sp³-hybridized carbons (Fsp3) is 0.520. The quantitative estimate of drug-likeness (QED) is 0.500. The highest BCUT2D eigenvalue weighted by atomic mass is 19.4. The van der Waals surface area contributed by atoms with Crippen molar-refractivity contribution in [3.05, 3.63) is 59.7 Å². The molecule has 2 aliphatic rings. The summed E-state index contributed by atoms with van der Waals surface area (Å²) in [4.78, 5) is 0. The Labute approximate surface area is 166 Å². The highest BCUT2D eigenvalue weighted by molar-refractivity contribution is 5.64. The van der Waals surface area contributed by atoms with Gasteiger partial charge in [0.1, 0.15) is 0 Å². The molecule has 150 valence electrons. The zero-order chi connectivity index (χ0) is 19.7. The van der Waals surface area contributed by atoms with E-state index in [9.17, 15) is 13.2 Å². The van der Waals surface area contributed by atoms with E-state index >= 15 is 0 Å². The van der Waals surface area contributed by atoms with Crippen LogP contribution in [-0.2, 0) is 6.18 Å². The van der Waals surface area contributed by atoms with Crippen molar-refractivity contribution in [3.63, 3.8) is 0 Å². The van der Waals surface area contributed by atoms with Crippen LogP contribution in [0, 0.1) is 17.8 Å². The second-order valence-electron chi connectivity index (χ2n) is 8.81. The zero-order valence-corrected chi connectivity index (χ0v) is 16.5.